The van der Waals surface area contributed by atoms with Gasteiger partial charge in [0.15, 0.2) is 0 Å². The predicted molar refractivity (Wildman–Crippen MR) is 64.2 cm³/mol. The molecule has 0 fully saturated rings. The third-order valence-electron chi connectivity index (χ3n) is 2.82. The first-order chi connectivity index (χ1) is 7.92. The minimum atomic E-state index is 0.761. The average Bonchev–Trinajstić information content (AvgIpc) is 2.73. The van der Waals surface area contributed by atoms with Crippen molar-refractivity contribution < 1.29 is 9.15 Å². The maximum atomic E-state index is 5.41. The third kappa shape index (κ3) is 2.64. The van der Waals surface area contributed by atoms with Crippen LogP contribution in [0.15, 0.2) is 34.9 Å². The largest absolute Gasteiger partial charge is 0.464 e. The molecule has 0 bridgehead atoms. The topological polar surface area (TPSA) is 22.4 Å². The van der Waals surface area contributed by atoms with Crippen LogP contribution in [0.4, 0.5) is 0 Å². The van der Waals surface area contributed by atoms with E-state index in [0.29, 0.717) is 0 Å². The Morgan fingerprint density at radius 1 is 1.12 bits per heavy atom. The molecular weight excluding hydrogens is 200 g/mol. The number of unbranched alkanes of at least 4 members (excludes halogenated alkanes) is 2. The Hall–Kier alpha value is -1.28. The van der Waals surface area contributed by atoms with E-state index < -0.39 is 0 Å². The molecule has 0 aromatic rings. The molecule has 1 radical (unpaired) electrons. The van der Waals surface area contributed by atoms with E-state index >= 15 is 0 Å². The van der Waals surface area contributed by atoms with Gasteiger partial charge in [0, 0.05) is 12.2 Å². The molecule has 0 amide bonds. The van der Waals surface area contributed by atoms with Crippen molar-refractivity contribution in [1.82, 2.24) is 0 Å². The molecule has 16 heavy (non-hydrogen) atoms. The molecule has 2 heteroatoms. The van der Waals surface area contributed by atoms with Gasteiger partial charge in [0.2, 0.25) is 0 Å². The highest BCUT2D eigenvalue weighted by Crippen LogP contribution is 2.28. The van der Waals surface area contributed by atoms with Crippen LogP contribution in [0, 0.1) is 7.11 Å². The lowest BCUT2D eigenvalue weighted by Gasteiger charge is -2.03. The van der Waals surface area contributed by atoms with E-state index in [1.165, 1.54) is 24.0 Å². The lowest BCUT2D eigenvalue weighted by atomic mass is 10.1. The molecular formula is C14H17O2. The van der Waals surface area contributed by atoms with Crippen LogP contribution >= 0.6 is 0 Å². The van der Waals surface area contributed by atoms with Crippen LogP contribution in [0.25, 0.3) is 11.3 Å². The minimum absolute atomic E-state index is 0.761. The van der Waals surface area contributed by atoms with Gasteiger partial charge in [-0.05, 0) is 43.0 Å². The average molecular weight is 217 g/mol. The monoisotopic (exact) mass is 217 g/mol. The molecule has 0 saturated heterocycles. The summed E-state index contributed by atoms with van der Waals surface area (Å²) in [5.74, 6) is 0.985. The summed E-state index contributed by atoms with van der Waals surface area (Å²) in [6.45, 7) is 0.761. The smallest absolute Gasteiger partial charge is 0.134 e. The Balaban J connectivity index is 1.86. The summed E-state index contributed by atoms with van der Waals surface area (Å²) in [5.41, 5.74) is 2.63. The second-order valence-corrected chi connectivity index (χ2v) is 3.97. The fraction of sp³-hybridized carbons (Fsp3) is 0.357. The van der Waals surface area contributed by atoms with Crippen molar-refractivity contribution >= 4 is 0 Å². The highest BCUT2D eigenvalue weighted by molar-refractivity contribution is 5.65. The summed E-state index contributed by atoms with van der Waals surface area (Å²) in [6.07, 6.45) is 6.30. The van der Waals surface area contributed by atoms with Crippen LogP contribution in [-0.2, 0) is 11.2 Å². The molecule has 0 atom stereocenters. The van der Waals surface area contributed by atoms with Crippen molar-refractivity contribution in [2.45, 2.75) is 25.7 Å². The van der Waals surface area contributed by atoms with Crippen molar-refractivity contribution in [3.8, 4) is 11.3 Å². The fourth-order valence-electron chi connectivity index (χ4n) is 1.97. The third-order valence-corrected chi connectivity index (χ3v) is 2.82. The maximum absolute atomic E-state index is 5.41. The van der Waals surface area contributed by atoms with E-state index in [1.807, 2.05) is 12.1 Å². The minimum Gasteiger partial charge on any atom is -0.464 e. The molecule has 0 unspecified atom stereocenters. The van der Waals surface area contributed by atoms with E-state index in [0.717, 1.165) is 25.2 Å². The van der Waals surface area contributed by atoms with Gasteiger partial charge in [0.1, 0.15) is 5.76 Å². The molecule has 2 aliphatic rings. The number of ether oxygens (including phenoxy) is 1. The number of rotatable bonds is 6. The second kappa shape index (κ2) is 5.71. The highest BCUT2D eigenvalue weighted by Gasteiger charge is 2.09. The van der Waals surface area contributed by atoms with Crippen LogP contribution < -0.4 is 0 Å². The van der Waals surface area contributed by atoms with Gasteiger partial charge in [0.05, 0.1) is 13.4 Å². The quantitative estimate of drug-likeness (QED) is 0.684. The molecule has 0 spiro atoms. The highest BCUT2D eigenvalue weighted by atomic mass is 16.5. The van der Waals surface area contributed by atoms with Crippen molar-refractivity contribution in [2.75, 3.05) is 6.61 Å². The molecule has 1 aliphatic heterocycles. The molecule has 85 valence electrons. The lowest BCUT2D eigenvalue weighted by Crippen LogP contribution is -1.89. The van der Waals surface area contributed by atoms with E-state index in [9.17, 15) is 0 Å². The summed E-state index contributed by atoms with van der Waals surface area (Å²) >= 11 is 0. The van der Waals surface area contributed by atoms with Gasteiger partial charge in [-0.25, -0.2) is 0 Å². The zero-order valence-corrected chi connectivity index (χ0v) is 9.45. The zero-order chi connectivity index (χ0) is 11.2. The summed E-state index contributed by atoms with van der Waals surface area (Å²) in [6, 6.07) is 8.27. The van der Waals surface area contributed by atoms with E-state index in [2.05, 4.69) is 19.2 Å². The molecule has 1 aliphatic carbocycles. The van der Waals surface area contributed by atoms with Gasteiger partial charge in [0.25, 0.3) is 0 Å². The van der Waals surface area contributed by atoms with Gasteiger partial charge < -0.3 is 9.15 Å². The van der Waals surface area contributed by atoms with Crippen LogP contribution in [-0.4, -0.2) is 6.61 Å². The Kier molecular flexibility index (Phi) is 4.00. The molecule has 0 N–H and O–H groups in total. The van der Waals surface area contributed by atoms with Crippen LogP contribution in [0.5, 0.6) is 0 Å². The molecule has 2 rings (SSSR count). The Bertz CT molecular complexity index is 392. The Morgan fingerprint density at radius 3 is 2.94 bits per heavy atom. The molecule has 2 nitrogen and oxygen atoms in total. The second-order valence-electron chi connectivity index (χ2n) is 3.97. The summed E-state index contributed by atoms with van der Waals surface area (Å²) in [5, 5.41) is 0. The van der Waals surface area contributed by atoms with Gasteiger partial charge in [-0.15, -0.1) is 0 Å². The number of hydrogen-bond donors (Lipinski definition) is 0. The first-order valence-electron chi connectivity index (χ1n) is 5.74. The zero-order valence-electron chi connectivity index (χ0n) is 9.45. The van der Waals surface area contributed by atoms with Gasteiger partial charge >= 0.3 is 0 Å². The lowest BCUT2D eigenvalue weighted by molar-refractivity contribution is 0.234. The van der Waals surface area contributed by atoms with E-state index in [-0.39, 0.29) is 0 Å². The maximum Gasteiger partial charge on any atom is 0.134 e. The van der Waals surface area contributed by atoms with Crippen molar-refractivity contribution in [2.24, 2.45) is 0 Å². The van der Waals surface area contributed by atoms with Crippen LogP contribution in [0.1, 0.15) is 24.8 Å². The molecule has 0 aromatic carbocycles. The molecule has 0 saturated carbocycles. The number of hydrogen-bond acceptors (Lipinski definition) is 2. The SMILES string of the molecule is [CH2]OCCCCCc1ccc2occcc1-2. The van der Waals surface area contributed by atoms with Gasteiger partial charge in [-0.2, -0.15) is 0 Å². The van der Waals surface area contributed by atoms with E-state index in [4.69, 9.17) is 9.15 Å². The van der Waals surface area contributed by atoms with Crippen LogP contribution in [0.2, 0.25) is 0 Å². The number of fused-ring (bicyclic) bond motifs is 1. The van der Waals surface area contributed by atoms with Crippen molar-refractivity contribution in [3.63, 3.8) is 0 Å². The first kappa shape index (κ1) is 11.2. The summed E-state index contributed by atoms with van der Waals surface area (Å²) in [7, 11) is 3.36. The summed E-state index contributed by atoms with van der Waals surface area (Å²) in [4.78, 5) is 0. The van der Waals surface area contributed by atoms with Crippen molar-refractivity contribution in [3.05, 3.63) is 43.2 Å². The Labute approximate surface area is 96.6 Å². The van der Waals surface area contributed by atoms with E-state index in [1.54, 1.807) is 6.26 Å². The van der Waals surface area contributed by atoms with Gasteiger partial charge in [-0.3, -0.25) is 0 Å². The summed E-state index contributed by atoms with van der Waals surface area (Å²) < 4.78 is 10.2. The first-order valence-corrected chi connectivity index (χ1v) is 5.74. The predicted octanol–water partition coefficient (Wildman–Crippen LogP) is 3.91. The van der Waals surface area contributed by atoms with Crippen LogP contribution in [0.3, 0.4) is 0 Å². The molecule has 0 aromatic heterocycles. The normalized spacial score (nSPS) is 11.1. The van der Waals surface area contributed by atoms with Gasteiger partial charge in [-0.1, -0.05) is 12.5 Å². The number of aryl methyl sites for hydroxylation is 1. The fourth-order valence-corrected chi connectivity index (χ4v) is 1.97. The van der Waals surface area contributed by atoms with Crippen molar-refractivity contribution in [1.29, 1.82) is 0 Å². The standard InChI is InChI=1S/C14H17O2/c1-15-10-4-2-3-6-12-8-9-14-13(12)7-5-11-16-14/h5,7-9,11H,1-4,6,10H2. The molecule has 1 heterocycles. The Morgan fingerprint density at radius 2 is 2.06 bits per heavy atom.